The number of carbonyl (C=O) groups excluding carboxylic acids is 2. The number of ether oxygens (including phenoxy) is 2. The molecule has 0 saturated carbocycles. The van der Waals surface area contributed by atoms with E-state index in [1.54, 1.807) is 19.2 Å². The van der Waals surface area contributed by atoms with E-state index in [1.165, 1.54) is 5.19 Å². The molecule has 2 saturated heterocycles. The Bertz CT molecular complexity index is 1410. The lowest BCUT2D eigenvalue weighted by Crippen LogP contribution is -2.51. The van der Waals surface area contributed by atoms with Gasteiger partial charge in [-0.15, -0.1) is 0 Å². The Labute approximate surface area is 262 Å². The SMILES string of the molecule is COc1ccc([Si](C)(C)[C@@H]2[C@@H](C)[C@@H](CCc3cccc(NC(=O)c4ccccc4)c3)O[C@H]2CC(=O)N2CCC[C@H]2CO)cc1. The second-order valence-electron chi connectivity index (χ2n) is 12.9. The maximum absolute atomic E-state index is 13.6. The molecule has 2 heterocycles. The summed E-state index contributed by atoms with van der Waals surface area (Å²) in [5.74, 6) is 1.07. The van der Waals surface area contributed by atoms with Crippen molar-refractivity contribution in [2.45, 2.75) is 75.9 Å². The van der Waals surface area contributed by atoms with Crippen LogP contribution in [0.1, 0.15) is 48.5 Å². The molecule has 44 heavy (non-hydrogen) atoms. The zero-order valence-corrected chi connectivity index (χ0v) is 27.4. The maximum Gasteiger partial charge on any atom is 0.255 e. The molecule has 5 atom stereocenters. The number of likely N-dealkylation sites (tertiary alicyclic amines) is 1. The fourth-order valence-electron chi connectivity index (χ4n) is 7.39. The van der Waals surface area contributed by atoms with E-state index in [9.17, 15) is 14.7 Å². The molecule has 0 bridgehead atoms. The molecule has 7 nitrogen and oxygen atoms in total. The average Bonchev–Trinajstić information content (AvgIpc) is 3.65. The van der Waals surface area contributed by atoms with Gasteiger partial charge in [-0.1, -0.05) is 67.7 Å². The largest absolute Gasteiger partial charge is 0.497 e. The van der Waals surface area contributed by atoms with Crippen LogP contribution in [0.4, 0.5) is 5.69 Å². The lowest BCUT2D eigenvalue weighted by molar-refractivity contribution is -0.135. The summed E-state index contributed by atoms with van der Waals surface area (Å²) in [7, 11) is -0.416. The maximum atomic E-state index is 13.6. The first-order valence-electron chi connectivity index (χ1n) is 15.9. The first-order valence-corrected chi connectivity index (χ1v) is 18.9. The van der Waals surface area contributed by atoms with Gasteiger partial charge in [0.2, 0.25) is 5.91 Å². The molecule has 0 radical (unpaired) electrons. The number of nitrogens with zero attached hydrogens (tertiary/aromatic N) is 1. The number of benzene rings is 3. The molecule has 0 aromatic heterocycles. The molecule has 2 N–H and O–H groups in total. The third kappa shape index (κ3) is 7.09. The van der Waals surface area contributed by atoms with Crippen LogP contribution in [0.2, 0.25) is 18.6 Å². The topological polar surface area (TPSA) is 88.1 Å². The normalized spacial score (nSPS) is 23.5. The third-order valence-electron chi connectivity index (χ3n) is 9.79. The molecule has 234 valence electrons. The summed E-state index contributed by atoms with van der Waals surface area (Å²) < 4.78 is 12.3. The molecule has 5 rings (SSSR count). The van der Waals surface area contributed by atoms with Crippen LogP contribution in [0, 0.1) is 5.92 Å². The number of anilines is 1. The molecule has 0 aliphatic carbocycles. The van der Waals surface area contributed by atoms with Gasteiger partial charge >= 0.3 is 0 Å². The molecule has 3 aromatic carbocycles. The van der Waals surface area contributed by atoms with Crippen molar-refractivity contribution in [3.63, 3.8) is 0 Å². The van der Waals surface area contributed by atoms with Gasteiger partial charge in [0, 0.05) is 17.8 Å². The van der Waals surface area contributed by atoms with Crippen LogP contribution >= 0.6 is 0 Å². The van der Waals surface area contributed by atoms with Gasteiger partial charge < -0.3 is 24.8 Å². The first kappa shape index (κ1) is 31.9. The van der Waals surface area contributed by atoms with Crippen molar-refractivity contribution in [1.82, 2.24) is 4.90 Å². The minimum atomic E-state index is -2.10. The minimum Gasteiger partial charge on any atom is -0.497 e. The Morgan fingerprint density at radius 2 is 1.77 bits per heavy atom. The molecular formula is C36H46N2O5Si. The number of rotatable bonds is 11. The highest BCUT2D eigenvalue weighted by Crippen LogP contribution is 2.46. The summed E-state index contributed by atoms with van der Waals surface area (Å²) in [5, 5.41) is 14.2. The Hall–Kier alpha value is -3.46. The molecule has 3 aromatic rings. The van der Waals surface area contributed by atoms with Crippen molar-refractivity contribution < 1.29 is 24.2 Å². The van der Waals surface area contributed by atoms with Crippen LogP contribution in [-0.2, 0) is 16.0 Å². The molecule has 2 fully saturated rings. The summed E-state index contributed by atoms with van der Waals surface area (Å²) in [6.45, 7) is 7.80. The average molecular weight is 615 g/mol. The Morgan fingerprint density at radius 3 is 2.48 bits per heavy atom. The Morgan fingerprint density at radius 1 is 1.02 bits per heavy atom. The van der Waals surface area contributed by atoms with Gasteiger partial charge in [0.25, 0.3) is 5.91 Å². The van der Waals surface area contributed by atoms with Gasteiger partial charge in [-0.3, -0.25) is 9.59 Å². The molecule has 0 spiro atoms. The van der Waals surface area contributed by atoms with Crippen molar-refractivity contribution >= 4 is 30.8 Å². The fourth-order valence-corrected chi connectivity index (χ4v) is 11.5. The van der Waals surface area contributed by atoms with Gasteiger partial charge in [-0.2, -0.15) is 0 Å². The number of hydrogen-bond donors (Lipinski definition) is 2. The quantitative estimate of drug-likeness (QED) is 0.273. The second-order valence-corrected chi connectivity index (χ2v) is 17.6. The summed E-state index contributed by atoms with van der Waals surface area (Å²) >= 11 is 0. The molecular weight excluding hydrogens is 568 g/mol. The highest BCUT2D eigenvalue weighted by atomic mass is 28.3. The van der Waals surface area contributed by atoms with Gasteiger partial charge in [0.05, 0.1) is 46.5 Å². The highest BCUT2D eigenvalue weighted by molar-refractivity contribution is 6.91. The molecule has 2 amide bonds. The lowest BCUT2D eigenvalue weighted by atomic mass is 9.95. The molecule has 0 unspecified atom stereocenters. The second kappa shape index (κ2) is 14.1. The zero-order chi connectivity index (χ0) is 31.3. The first-order chi connectivity index (χ1) is 21.2. The van der Waals surface area contributed by atoms with E-state index < -0.39 is 8.07 Å². The summed E-state index contributed by atoms with van der Waals surface area (Å²) in [5.41, 5.74) is 2.78. The van der Waals surface area contributed by atoms with Gasteiger partial charge in [-0.05, 0) is 79.1 Å². The number of aryl methyl sites for hydroxylation is 1. The highest BCUT2D eigenvalue weighted by Gasteiger charge is 2.51. The number of hydrogen-bond acceptors (Lipinski definition) is 5. The van der Waals surface area contributed by atoms with Crippen molar-refractivity contribution in [2.24, 2.45) is 5.92 Å². The van der Waals surface area contributed by atoms with E-state index in [0.29, 0.717) is 18.5 Å². The van der Waals surface area contributed by atoms with Gasteiger partial charge in [-0.25, -0.2) is 0 Å². The van der Waals surface area contributed by atoms with Crippen molar-refractivity contribution in [2.75, 3.05) is 25.6 Å². The zero-order valence-electron chi connectivity index (χ0n) is 26.4. The number of aliphatic hydroxyl groups is 1. The van der Waals surface area contributed by atoms with Gasteiger partial charge in [0.1, 0.15) is 5.75 Å². The smallest absolute Gasteiger partial charge is 0.255 e. The predicted molar refractivity (Wildman–Crippen MR) is 177 cm³/mol. The minimum absolute atomic E-state index is 0.0106. The van der Waals surface area contributed by atoms with Crippen LogP contribution in [0.5, 0.6) is 5.75 Å². The van der Waals surface area contributed by atoms with E-state index in [4.69, 9.17) is 9.47 Å². The van der Waals surface area contributed by atoms with Crippen LogP contribution in [0.25, 0.3) is 0 Å². The Balaban J connectivity index is 1.32. The predicted octanol–water partition coefficient (Wildman–Crippen LogP) is 5.64. The monoisotopic (exact) mass is 614 g/mol. The number of methoxy groups -OCH3 is 1. The van der Waals surface area contributed by atoms with Crippen LogP contribution in [0.15, 0.2) is 78.9 Å². The van der Waals surface area contributed by atoms with Crippen LogP contribution in [-0.4, -0.2) is 68.4 Å². The number of nitrogens with one attached hydrogen (secondary N) is 1. The van der Waals surface area contributed by atoms with E-state index in [-0.39, 0.29) is 48.1 Å². The summed E-state index contributed by atoms with van der Waals surface area (Å²) in [6.07, 6.45) is 3.60. The fraction of sp³-hybridized carbons (Fsp3) is 0.444. The number of amides is 2. The molecule has 8 heteroatoms. The van der Waals surface area contributed by atoms with E-state index >= 15 is 0 Å². The lowest BCUT2D eigenvalue weighted by Gasteiger charge is -2.36. The summed E-state index contributed by atoms with van der Waals surface area (Å²) in [6, 6.07) is 25.6. The van der Waals surface area contributed by atoms with Crippen LogP contribution < -0.4 is 15.2 Å². The van der Waals surface area contributed by atoms with E-state index in [1.807, 2.05) is 53.4 Å². The van der Waals surface area contributed by atoms with Crippen molar-refractivity contribution in [3.05, 3.63) is 90.0 Å². The third-order valence-corrected chi connectivity index (χ3v) is 14.2. The van der Waals surface area contributed by atoms with Crippen molar-refractivity contribution in [3.8, 4) is 5.75 Å². The Kier molecular flexibility index (Phi) is 10.2. The van der Waals surface area contributed by atoms with E-state index in [0.717, 1.165) is 42.7 Å². The number of carbonyl (C=O) groups is 2. The van der Waals surface area contributed by atoms with Crippen LogP contribution in [0.3, 0.4) is 0 Å². The number of aliphatic hydroxyl groups excluding tert-OH is 1. The summed E-state index contributed by atoms with van der Waals surface area (Å²) in [4.78, 5) is 28.2. The van der Waals surface area contributed by atoms with Crippen molar-refractivity contribution in [1.29, 1.82) is 0 Å². The van der Waals surface area contributed by atoms with E-state index in [2.05, 4.69) is 43.5 Å². The van der Waals surface area contributed by atoms with Gasteiger partial charge in [0.15, 0.2) is 0 Å². The molecule has 2 aliphatic heterocycles. The molecule has 2 aliphatic rings. The standard InChI is InChI=1S/C36H46N2O5Si/c1-25-32(20-15-26-10-8-13-28(22-26)37-36(41)27-11-6-5-7-12-27)43-33(23-34(40)38-21-9-14-29(38)24-39)35(25)44(3,4)31-18-16-30(42-2)17-19-31/h5-8,10-13,16-19,22,25,29,32-33,35,39H,9,14-15,20-21,23-24H2,1-4H3,(H,37,41)/t25-,29-,32+,33-,35+/m0/s1.